The molecule has 1 aromatic carbocycles. The van der Waals surface area contributed by atoms with Gasteiger partial charge in [-0.15, -0.1) is 0 Å². The average molecular weight is 194 g/mol. The summed E-state index contributed by atoms with van der Waals surface area (Å²) >= 11 is 0. The van der Waals surface area contributed by atoms with Crippen LogP contribution in [0.4, 0.5) is 0 Å². The number of aliphatic hydroxyl groups is 2. The molecule has 2 nitrogen and oxygen atoms in total. The summed E-state index contributed by atoms with van der Waals surface area (Å²) in [7, 11) is 0. The Morgan fingerprint density at radius 1 is 1.21 bits per heavy atom. The zero-order chi connectivity index (χ0) is 10.6. The SMILES string of the molecule is CCC(CO)(CO)c1cccc(C)c1. The van der Waals surface area contributed by atoms with Crippen molar-refractivity contribution in [1.29, 1.82) is 0 Å². The summed E-state index contributed by atoms with van der Waals surface area (Å²) in [5.74, 6) is 0. The van der Waals surface area contributed by atoms with Gasteiger partial charge in [0.05, 0.1) is 13.2 Å². The summed E-state index contributed by atoms with van der Waals surface area (Å²) in [6.07, 6.45) is 0.740. The Bertz CT molecular complexity index is 282. The third kappa shape index (κ3) is 1.97. The van der Waals surface area contributed by atoms with Crippen LogP contribution in [0.25, 0.3) is 0 Å². The number of aliphatic hydroxyl groups excluding tert-OH is 2. The maximum Gasteiger partial charge on any atom is 0.0550 e. The minimum absolute atomic E-state index is 0.0105. The Hall–Kier alpha value is -0.860. The largest absolute Gasteiger partial charge is 0.395 e. The van der Waals surface area contributed by atoms with Crippen molar-refractivity contribution >= 4 is 0 Å². The second-order valence-electron chi connectivity index (χ2n) is 3.82. The third-order valence-corrected chi connectivity index (χ3v) is 2.91. The summed E-state index contributed by atoms with van der Waals surface area (Å²) < 4.78 is 0. The molecule has 0 radical (unpaired) electrons. The summed E-state index contributed by atoms with van der Waals surface area (Å²) in [4.78, 5) is 0. The molecule has 0 heterocycles. The lowest BCUT2D eigenvalue weighted by Crippen LogP contribution is -2.34. The first-order valence-electron chi connectivity index (χ1n) is 4.97. The Morgan fingerprint density at radius 2 is 1.86 bits per heavy atom. The van der Waals surface area contributed by atoms with Crippen LogP contribution in [0, 0.1) is 6.92 Å². The monoisotopic (exact) mass is 194 g/mol. The van der Waals surface area contributed by atoms with Gasteiger partial charge < -0.3 is 10.2 Å². The standard InChI is InChI=1S/C12H18O2/c1-3-12(8-13,9-14)11-6-4-5-10(2)7-11/h4-7,13-14H,3,8-9H2,1-2H3. The highest BCUT2D eigenvalue weighted by atomic mass is 16.3. The van der Waals surface area contributed by atoms with Crippen LogP contribution in [-0.4, -0.2) is 23.4 Å². The highest BCUT2D eigenvalue weighted by molar-refractivity contribution is 5.29. The highest BCUT2D eigenvalue weighted by Crippen LogP contribution is 2.27. The first-order valence-corrected chi connectivity index (χ1v) is 4.97. The average Bonchev–Trinajstić information content (AvgIpc) is 2.22. The topological polar surface area (TPSA) is 40.5 Å². The van der Waals surface area contributed by atoms with Crippen molar-refractivity contribution in [2.24, 2.45) is 0 Å². The molecule has 0 aliphatic carbocycles. The lowest BCUT2D eigenvalue weighted by molar-refractivity contribution is 0.113. The molecule has 1 rings (SSSR count). The van der Waals surface area contributed by atoms with Crippen molar-refractivity contribution < 1.29 is 10.2 Å². The second-order valence-corrected chi connectivity index (χ2v) is 3.82. The molecule has 0 aliphatic heterocycles. The fourth-order valence-electron chi connectivity index (χ4n) is 1.64. The molecular weight excluding hydrogens is 176 g/mol. The van der Waals surface area contributed by atoms with E-state index in [1.807, 2.05) is 38.1 Å². The van der Waals surface area contributed by atoms with Crippen molar-refractivity contribution in [3.63, 3.8) is 0 Å². The molecule has 0 spiro atoms. The van der Waals surface area contributed by atoms with Crippen LogP contribution >= 0.6 is 0 Å². The zero-order valence-electron chi connectivity index (χ0n) is 8.83. The van der Waals surface area contributed by atoms with E-state index >= 15 is 0 Å². The van der Waals surface area contributed by atoms with E-state index in [0.29, 0.717) is 0 Å². The molecule has 78 valence electrons. The van der Waals surface area contributed by atoms with Crippen molar-refractivity contribution in [3.05, 3.63) is 35.4 Å². The molecule has 0 unspecified atom stereocenters. The molecule has 14 heavy (non-hydrogen) atoms. The molecule has 0 bridgehead atoms. The van der Waals surface area contributed by atoms with Crippen LogP contribution in [0.3, 0.4) is 0 Å². The van der Waals surface area contributed by atoms with Crippen molar-refractivity contribution in [2.75, 3.05) is 13.2 Å². The van der Waals surface area contributed by atoms with Crippen molar-refractivity contribution in [3.8, 4) is 0 Å². The van der Waals surface area contributed by atoms with Gasteiger partial charge in [-0.05, 0) is 18.9 Å². The van der Waals surface area contributed by atoms with Gasteiger partial charge in [-0.1, -0.05) is 36.8 Å². The van der Waals surface area contributed by atoms with Crippen LogP contribution in [0.1, 0.15) is 24.5 Å². The van der Waals surface area contributed by atoms with Gasteiger partial charge in [0.2, 0.25) is 0 Å². The molecule has 0 saturated carbocycles. The molecule has 0 aliphatic rings. The van der Waals surface area contributed by atoms with Crippen molar-refractivity contribution in [2.45, 2.75) is 25.7 Å². The van der Waals surface area contributed by atoms with E-state index in [0.717, 1.165) is 17.5 Å². The third-order valence-electron chi connectivity index (χ3n) is 2.91. The van der Waals surface area contributed by atoms with Gasteiger partial charge in [-0.2, -0.15) is 0 Å². The molecule has 2 N–H and O–H groups in total. The van der Waals surface area contributed by atoms with Gasteiger partial charge in [-0.3, -0.25) is 0 Å². The van der Waals surface area contributed by atoms with E-state index in [4.69, 9.17) is 0 Å². The molecule has 0 aromatic heterocycles. The summed E-state index contributed by atoms with van der Waals surface area (Å²) in [5, 5.41) is 18.7. The van der Waals surface area contributed by atoms with E-state index in [1.165, 1.54) is 0 Å². The van der Waals surface area contributed by atoms with Gasteiger partial charge in [0, 0.05) is 5.41 Å². The van der Waals surface area contributed by atoms with Crippen LogP contribution in [0.2, 0.25) is 0 Å². The Balaban J connectivity index is 3.10. The minimum Gasteiger partial charge on any atom is -0.395 e. The quantitative estimate of drug-likeness (QED) is 0.764. The summed E-state index contributed by atoms with van der Waals surface area (Å²) in [6.45, 7) is 3.97. The van der Waals surface area contributed by atoms with Crippen LogP contribution < -0.4 is 0 Å². The molecule has 0 amide bonds. The van der Waals surface area contributed by atoms with Gasteiger partial charge in [0.1, 0.15) is 0 Å². The molecule has 2 heteroatoms. The molecule has 0 saturated heterocycles. The number of benzene rings is 1. The van der Waals surface area contributed by atoms with Crippen LogP contribution in [0.5, 0.6) is 0 Å². The minimum atomic E-state index is -0.480. The molecule has 1 aromatic rings. The lowest BCUT2D eigenvalue weighted by atomic mass is 9.79. The number of rotatable bonds is 4. The second kappa shape index (κ2) is 4.58. The van der Waals surface area contributed by atoms with E-state index in [1.54, 1.807) is 0 Å². The van der Waals surface area contributed by atoms with Crippen LogP contribution in [-0.2, 0) is 5.41 Å². The number of hydrogen-bond donors (Lipinski definition) is 2. The first-order chi connectivity index (χ1) is 6.68. The number of hydrogen-bond acceptors (Lipinski definition) is 2. The molecule has 0 fully saturated rings. The maximum absolute atomic E-state index is 9.36. The van der Waals surface area contributed by atoms with Gasteiger partial charge >= 0.3 is 0 Å². The van der Waals surface area contributed by atoms with Crippen molar-refractivity contribution in [1.82, 2.24) is 0 Å². The van der Waals surface area contributed by atoms with Gasteiger partial charge in [0.25, 0.3) is 0 Å². The predicted molar refractivity (Wildman–Crippen MR) is 57.3 cm³/mol. The summed E-state index contributed by atoms with van der Waals surface area (Å²) in [5.41, 5.74) is 1.69. The molecular formula is C12H18O2. The summed E-state index contributed by atoms with van der Waals surface area (Å²) in [6, 6.07) is 7.96. The van der Waals surface area contributed by atoms with Gasteiger partial charge in [-0.25, -0.2) is 0 Å². The fourth-order valence-corrected chi connectivity index (χ4v) is 1.64. The van der Waals surface area contributed by atoms with E-state index < -0.39 is 5.41 Å². The molecule has 0 atom stereocenters. The smallest absolute Gasteiger partial charge is 0.0550 e. The maximum atomic E-state index is 9.36. The number of aryl methyl sites for hydroxylation is 1. The highest BCUT2D eigenvalue weighted by Gasteiger charge is 2.28. The fraction of sp³-hybridized carbons (Fsp3) is 0.500. The Morgan fingerprint density at radius 3 is 2.29 bits per heavy atom. The van der Waals surface area contributed by atoms with Gasteiger partial charge in [0.15, 0.2) is 0 Å². The van der Waals surface area contributed by atoms with E-state index in [-0.39, 0.29) is 13.2 Å². The van der Waals surface area contributed by atoms with Crippen LogP contribution in [0.15, 0.2) is 24.3 Å². The lowest BCUT2D eigenvalue weighted by Gasteiger charge is -2.29. The Kier molecular flexibility index (Phi) is 3.67. The predicted octanol–water partition coefficient (Wildman–Crippen LogP) is 1.63. The van der Waals surface area contributed by atoms with E-state index in [9.17, 15) is 10.2 Å². The first kappa shape index (κ1) is 11.2. The zero-order valence-corrected chi connectivity index (χ0v) is 8.83. The normalized spacial score (nSPS) is 11.7. The van der Waals surface area contributed by atoms with E-state index in [2.05, 4.69) is 0 Å². The Labute approximate surface area is 85.2 Å².